The van der Waals surface area contributed by atoms with Crippen LogP contribution in [0.2, 0.25) is 0 Å². The molecule has 0 aliphatic carbocycles. The highest BCUT2D eigenvalue weighted by atomic mass is 16.4. The lowest BCUT2D eigenvalue weighted by Crippen LogP contribution is -2.11. The topological polar surface area (TPSA) is 89.3 Å². The van der Waals surface area contributed by atoms with Crippen LogP contribution in [0.15, 0.2) is 24.3 Å². The Labute approximate surface area is 83.5 Å². The fraction of sp³-hybridized carbons (Fsp3) is 0.300. The Morgan fingerprint density at radius 2 is 1.79 bits per heavy atom. The van der Waals surface area contributed by atoms with Gasteiger partial charge in [0.2, 0.25) is 0 Å². The van der Waals surface area contributed by atoms with E-state index in [4.69, 9.17) is 16.6 Å². The first kappa shape index (κ1) is 12.6. The Morgan fingerprint density at radius 3 is 2.07 bits per heavy atom. The third-order valence-electron chi connectivity index (χ3n) is 1.54. The molecule has 0 unspecified atom stereocenters. The van der Waals surface area contributed by atoms with Gasteiger partial charge in [-0.15, -0.1) is 0 Å². The van der Waals surface area contributed by atoms with E-state index in [-0.39, 0.29) is 0 Å². The zero-order valence-corrected chi connectivity index (χ0v) is 8.23. The highest BCUT2D eigenvalue weighted by molar-refractivity contribution is 5.89. The van der Waals surface area contributed by atoms with Crippen molar-refractivity contribution in [2.75, 3.05) is 13.1 Å². The first-order valence-electron chi connectivity index (χ1n) is 4.32. The van der Waals surface area contributed by atoms with Crippen molar-refractivity contribution in [2.45, 2.75) is 6.92 Å². The first-order chi connectivity index (χ1) is 6.63. The molecule has 1 aromatic carbocycles. The summed E-state index contributed by atoms with van der Waals surface area (Å²) in [4.78, 5) is 10.4. The molecule has 0 radical (unpaired) electrons. The van der Waals surface area contributed by atoms with Crippen LogP contribution in [0.1, 0.15) is 15.9 Å². The van der Waals surface area contributed by atoms with Gasteiger partial charge in [-0.3, -0.25) is 0 Å². The molecule has 14 heavy (non-hydrogen) atoms. The molecule has 0 bridgehead atoms. The van der Waals surface area contributed by atoms with Gasteiger partial charge in [-0.05, 0) is 18.6 Å². The lowest BCUT2D eigenvalue weighted by atomic mass is 10.1. The van der Waals surface area contributed by atoms with Crippen LogP contribution in [-0.2, 0) is 0 Å². The largest absolute Gasteiger partial charge is 0.478 e. The van der Waals surface area contributed by atoms with Gasteiger partial charge in [0.25, 0.3) is 0 Å². The summed E-state index contributed by atoms with van der Waals surface area (Å²) in [5.41, 5.74) is 11.0. The Morgan fingerprint density at radius 1 is 1.29 bits per heavy atom. The van der Waals surface area contributed by atoms with Crippen LogP contribution in [0.5, 0.6) is 0 Å². The van der Waals surface area contributed by atoms with Crippen LogP contribution in [0.3, 0.4) is 0 Å². The maximum absolute atomic E-state index is 10.4. The van der Waals surface area contributed by atoms with E-state index in [0.29, 0.717) is 18.7 Å². The number of carboxylic acid groups (broad SMARTS) is 1. The number of hydrogen-bond donors (Lipinski definition) is 3. The summed E-state index contributed by atoms with van der Waals surface area (Å²) in [5, 5.41) is 8.57. The Bertz CT molecular complexity index is 285. The summed E-state index contributed by atoms with van der Waals surface area (Å²) in [6, 6.07) is 6.92. The summed E-state index contributed by atoms with van der Waals surface area (Å²) in [5.74, 6) is -0.863. The molecular weight excluding hydrogens is 180 g/mol. The number of rotatable bonds is 2. The van der Waals surface area contributed by atoms with Crippen molar-refractivity contribution in [3.05, 3.63) is 35.4 Å². The molecule has 5 N–H and O–H groups in total. The van der Waals surface area contributed by atoms with Crippen molar-refractivity contribution < 1.29 is 9.90 Å². The van der Waals surface area contributed by atoms with E-state index in [0.717, 1.165) is 5.56 Å². The molecule has 78 valence electrons. The smallest absolute Gasteiger partial charge is 0.335 e. The molecule has 1 aromatic rings. The van der Waals surface area contributed by atoms with Gasteiger partial charge in [-0.2, -0.15) is 0 Å². The van der Waals surface area contributed by atoms with E-state index in [9.17, 15) is 4.79 Å². The molecule has 0 saturated heterocycles. The molecule has 0 aromatic heterocycles. The second-order valence-electron chi connectivity index (χ2n) is 2.70. The molecule has 0 saturated carbocycles. The number of carbonyl (C=O) groups is 1. The summed E-state index contributed by atoms with van der Waals surface area (Å²) >= 11 is 0. The van der Waals surface area contributed by atoms with Gasteiger partial charge in [-0.1, -0.05) is 18.2 Å². The fourth-order valence-electron chi connectivity index (χ4n) is 0.813. The van der Waals surface area contributed by atoms with Crippen LogP contribution >= 0.6 is 0 Å². The summed E-state index contributed by atoms with van der Waals surface area (Å²) in [6.45, 7) is 2.98. The van der Waals surface area contributed by atoms with Crippen molar-refractivity contribution in [3.8, 4) is 0 Å². The van der Waals surface area contributed by atoms with E-state index in [2.05, 4.69) is 0 Å². The normalized spacial score (nSPS) is 8.79. The Kier molecular flexibility index (Phi) is 6.36. The number of aryl methyl sites for hydroxylation is 1. The maximum atomic E-state index is 10.4. The minimum Gasteiger partial charge on any atom is -0.478 e. The zero-order chi connectivity index (χ0) is 11.0. The predicted octanol–water partition coefficient (Wildman–Crippen LogP) is 0.597. The number of carboxylic acids is 1. The molecule has 0 atom stereocenters. The molecule has 4 nitrogen and oxygen atoms in total. The zero-order valence-electron chi connectivity index (χ0n) is 8.23. The van der Waals surface area contributed by atoms with Gasteiger partial charge >= 0.3 is 5.97 Å². The SMILES string of the molecule is Cc1ccccc1C(=O)O.NCCN. The number of hydrogen-bond acceptors (Lipinski definition) is 3. The maximum Gasteiger partial charge on any atom is 0.335 e. The number of nitrogens with two attached hydrogens (primary N) is 2. The minimum atomic E-state index is -0.863. The van der Waals surface area contributed by atoms with Gasteiger partial charge in [0.15, 0.2) is 0 Å². The predicted molar refractivity (Wildman–Crippen MR) is 56.2 cm³/mol. The van der Waals surface area contributed by atoms with E-state index >= 15 is 0 Å². The average molecular weight is 196 g/mol. The number of benzene rings is 1. The van der Waals surface area contributed by atoms with Crippen molar-refractivity contribution >= 4 is 5.97 Å². The minimum absolute atomic E-state index is 0.377. The molecule has 1 rings (SSSR count). The van der Waals surface area contributed by atoms with Crippen LogP contribution < -0.4 is 11.5 Å². The molecule has 0 aliphatic heterocycles. The van der Waals surface area contributed by atoms with Crippen molar-refractivity contribution in [1.29, 1.82) is 0 Å². The van der Waals surface area contributed by atoms with Crippen molar-refractivity contribution in [1.82, 2.24) is 0 Å². The van der Waals surface area contributed by atoms with Gasteiger partial charge in [0.1, 0.15) is 0 Å². The van der Waals surface area contributed by atoms with Crippen molar-refractivity contribution in [2.24, 2.45) is 11.5 Å². The summed E-state index contributed by atoms with van der Waals surface area (Å²) in [6.07, 6.45) is 0. The van der Waals surface area contributed by atoms with Crippen LogP contribution in [0, 0.1) is 6.92 Å². The van der Waals surface area contributed by atoms with Crippen LogP contribution in [-0.4, -0.2) is 24.2 Å². The second-order valence-corrected chi connectivity index (χ2v) is 2.70. The average Bonchev–Trinajstić information content (AvgIpc) is 2.18. The van der Waals surface area contributed by atoms with Crippen molar-refractivity contribution in [3.63, 3.8) is 0 Å². The molecule has 0 fully saturated rings. The second kappa shape index (κ2) is 7.06. The monoisotopic (exact) mass is 196 g/mol. The van der Waals surface area contributed by atoms with Gasteiger partial charge in [-0.25, -0.2) is 4.79 Å². The van der Waals surface area contributed by atoms with E-state index in [1.807, 2.05) is 6.07 Å². The molecule has 0 aliphatic rings. The van der Waals surface area contributed by atoms with Crippen LogP contribution in [0.25, 0.3) is 0 Å². The Balaban J connectivity index is 0.000000364. The first-order valence-corrected chi connectivity index (χ1v) is 4.32. The lowest BCUT2D eigenvalue weighted by Gasteiger charge is -1.96. The van der Waals surface area contributed by atoms with Crippen LogP contribution in [0.4, 0.5) is 0 Å². The third kappa shape index (κ3) is 4.59. The molecule has 0 spiro atoms. The van der Waals surface area contributed by atoms with E-state index in [1.165, 1.54) is 0 Å². The molecule has 0 amide bonds. The molecular formula is C10H16N2O2. The van der Waals surface area contributed by atoms with Gasteiger partial charge < -0.3 is 16.6 Å². The highest BCUT2D eigenvalue weighted by Crippen LogP contribution is 2.05. The fourth-order valence-corrected chi connectivity index (χ4v) is 0.813. The molecule has 0 heterocycles. The molecule has 4 heteroatoms. The Hall–Kier alpha value is -1.39. The lowest BCUT2D eigenvalue weighted by molar-refractivity contribution is 0.0696. The van der Waals surface area contributed by atoms with Gasteiger partial charge in [0, 0.05) is 13.1 Å². The third-order valence-corrected chi connectivity index (χ3v) is 1.54. The van der Waals surface area contributed by atoms with Gasteiger partial charge in [0.05, 0.1) is 5.56 Å². The van der Waals surface area contributed by atoms with E-state index in [1.54, 1.807) is 25.1 Å². The quantitative estimate of drug-likeness (QED) is 0.646. The standard InChI is InChI=1S/C8H8O2.C2H8N2/c1-6-4-2-3-5-7(6)8(9)10;3-1-2-4/h2-5H,1H3,(H,9,10);1-4H2. The number of aromatic carboxylic acids is 1. The highest BCUT2D eigenvalue weighted by Gasteiger charge is 2.02. The van der Waals surface area contributed by atoms with E-state index < -0.39 is 5.97 Å². The summed E-state index contributed by atoms with van der Waals surface area (Å²) < 4.78 is 0. The summed E-state index contributed by atoms with van der Waals surface area (Å²) in [7, 11) is 0.